The fourth-order valence-electron chi connectivity index (χ4n) is 1.99. The number of carbonyl (C=O) groups is 1. The molecule has 0 heterocycles. The van der Waals surface area contributed by atoms with Gasteiger partial charge in [0, 0.05) is 6.04 Å². The van der Waals surface area contributed by atoms with E-state index in [2.05, 4.69) is 19.2 Å². The molecule has 0 saturated heterocycles. The number of hydrogen-bond acceptors (Lipinski definition) is 3. The van der Waals surface area contributed by atoms with E-state index in [1.807, 2.05) is 31.2 Å². The van der Waals surface area contributed by atoms with Crippen LogP contribution in [0, 0.1) is 5.92 Å². The normalized spacial score (nSPS) is 12.0. The highest BCUT2D eigenvalue weighted by Crippen LogP contribution is 2.25. The first kappa shape index (κ1) is 17.3. The van der Waals surface area contributed by atoms with Gasteiger partial charge in [0.2, 0.25) is 5.91 Å². The number of methoxy groups -OCH3 is 1. The van der Waals surface area contributed by atoms with Crippen LogP contribution in [0.4, 0.5) is 0 Å². The minimum Gasteiger partial charge on any atom is -0.493 e. The van der Waals surface area contributed by atoms with Gasteiger partial charge in [-0.2, -0.15) is 0 Å². The Labute approximate surface area is 127 Å². The van der Waals surface area contributed by atoms with Gasteiger partial charge in [-0.3, -0.25) is 4.79 Å². The number of nitrogens with one attached hydrogen (secondary N) is 1. The van der Waals surface area contributed by atoms with E-state index in [1.54, 1.807) is 7.11 Å². The molecule has 1 amide bonds. The molecule has 0 bridgehead atoms. The van der Waals surface area contributed by atoms with Gasteiger partial charge in [-0.1, -0.05) is 26.0 Å². The average molecular weight is 293 g/mol. The highest BCUT2D eigenvalue weighted by Gasteiger charge is 2.09. The third kappa shape index (κ3) is 7.02. The summed E-state index contributed by atoms with van der Waals surface area (Å²) >= 11 is 0. The van der Waals surface area contributed by atoms with Crippen molar-refractivity contribution in [3.05, 3.63) is 24.3 Å². The van der Waals surface area contributed by atoms with Crippen molar-refractivity contribution in [1.29, 1.82) is 0 Å². The van der Waals surface area contributed by atoms with Gasteiger partial charge in [-0.25, -0.2) is 0 Å². The molecule has 0 aromatic heterocycles. The monoisotopic (exact) mass is 293 g/mol. The smallest absolute Gasteiger partial charge is 0.223 e. The minimum absolute atomic E-state index is 0.0288. The number of amides is 1. The Morgan fingerprint density at radius 2 is 1.81 bits per heavy atom. The topological polar surface area (TPSA) is 47.6 Å². The summed E-state index contributed by atoms with van der Waals surface area (Å²) in [6.07, 6.45) is 2.49. The number of rotatable bonds is 9. The summed E-state index contributed by atoms with van der Waals surface area (Å²) in [6, 6.07) is 7.65. The Hall–Kier alpha value is -1.71. The molecular formula is C17H27NO3. The van der Waals surface area contributed by atoms with Crippen molar-refractivity contribution < 1.29 is 14.3 Å². The lowest BCUT2D eigenvalue weighted by atomic mass is 10.0. The second-order valence-corrected chi connectivity index (χ2v) is 5.69. The van der Waals surface area contributed by atoms with Crippen molar-refractivity contribution in [3.63, 3.8) is 0 Å². The van der Waals surface area contributed by atoms with E-state index in [1.165, 1.54) is 0 Å². The van der Waals surface area contributed by atoms with E-state index in [9.17, 15) is 4.79 Å². The number of ether oxygens (including phenoxy) is 2. The lowest BCUT2D eigenvalue weighted by molar-refractivity contribution is -0.122. The Kier molecular flexibility index (Phi) is 7.65. The van der Waals surface area contributed by atoms with E-state index in [0.717, 1.165) is 12.8 Å². The molecule has 21 heavy (non-hydrogen) atoms. The molecule has 1 rings (SSSR count). The number of para-hydroxylation sites is 2. The standard InChI is InChI=1S/C17H27NO3/c1-13(2)9-10-14(3)18-17(19)11-12-21-16-8-6-5-7-15(16)20-4/h5-8,13-14H,9-12H2,1-4H3,(H,18,19). The van der Waals surface area contributed by atoms with Crippen LogP contribution in [0.25, 0.3) is 0 Å². The molecule has 0 aliphatic rings. The molecule has 118 valence electrons. The zero-order valence-electron chi connectivity index (χ0n) is 13.5. The molecule has 0 saturated carbocycles. The molecule has 0 aliphatic carbocycles. The van der Waals surface area contributed by atoms with E-state index in [4.69, 9.17) is 9.47 Å². The first-order valence-corrected chi connectivity index (χ1v) is 7.58. The summed E-state index contributed by atoms with van der Waals surface area (Å²) in [6.45, 7) is 6.77. The van der Waals surface area contributed by atoms with Crippen LogP contribution < -0.4 is 14.8 Å². The molecule has 4 heteroatoms. The summed E-state index contributed by atoms with van der Waals surface area (Å²) in [7, 11) is 1.60. The molecule has 0 spiro atoms. The maximum atomic E-state index is 11.8. The van der Waals surface area contributed by atoms with Crippen molar-refractivity contribution in [2.24, 2.45) is 5.92 Å². The number of benzene rings is 1. The van der Waals surface area contributed by atoms with Gasteiger partial charge in [0.15, 0.2) is 11.5 Å². The van der Waals surface area contributed by atoms with E-state index in [0.29, 0.717) is 30.4 Å². The zero-order chi connectivity index (χ0) is 15.7. The van der Waals surface area contributed by atoms with Crippen LogP contribution in [0.1, 0.15) is 40.0 Å². The lowest BCUT2D eigenvalue weighted by Gasteiger charge is -2.15. The average Bonchev–Trinajstić information content (AvgIpc) is 2.45. The van der Waals surface area contributed by atoms with Gasteiger partial charge < -0.3 is 14.8 Å². The predicted molar refractivity (Wildman–Crippen MR) is 84.8 cm³/mol. The molecule has 1 aromatic rings. The van der Waals surface area contributed by atoms with Crippen LogP contribution in [-0.4, -0.2) is 25.7 Å². The van der Waals surface area contributed by atoms with Gasteiger partial charge in [-0.15, -0.1) is 0 Å². The molecule has 4 nitrogen and oxygen atoms in total. The van der Waals surface area contributed by atoms with Crippen molar-refractivity contribution in [2.75, 3.05) is 13.7 Å². The van der Waals surface area contributed by atoms with Gasteiger partial charge in [0.1, 0.15) is 0 Å². The van der Waals surface area contributed by atoms with Crippen LogP contribution in [-0.2, 0) is 4.79 Å². The Morgan fingerprint density at radius 3 is 2.43 bits per heavy atom. The molecular weight excluding hydrogens is 266 g/mol. The van der Waals surface area contributed by atoms with Crippen molar-refractivity contribution in [3.8, 4) is 11.5 Å². The highest BCUT2D eigenvalue weighted by molar-refractivity contribution is 5.76. The molecule has 0 radical (unpaired) electrons. The second-order valence-electron chi connectivity index (χ2n) is 5.69. The van der Waals surface area contributed by atoms with E-state index >= 15 is 0 Å². The number of carbonyl (C=O) groups excluding carboxylic acids is 1. The quantitative estimate of drug-likeness (QED) is 0.759. The SMILES string of the molecule is COc1ccccc1OCCC(=O)NC(C)CCC(C)C. The van der Waals surface area contributed by atoms with Crippen molar-refractivity contribution >= 4 is 5.91 Å². The van der Waals surface area contributed by atoms with Crippen molar-refractivity contribution in [1.82, 2.24) is 5.32 Å². The van der Waals surface area contributed by atoms with Gasteiger partial charge in [0.05, 0.1) is 20.1 Å². The molecule has 0 aliphatic heterocycles. The largest absolute Gasteiger partial charge is 0.493 e. The first-order valence-electron chi connectivity index (χ1n) is 7.58. The summed E-state index contributed by atoms with van der Waals surface area (Å²) in [5.41, 5.74) is 0. The second kappa shape index (κ2) is 9.27. The van der Waals surface area contributed by atoms with Crippen LogP contribution in [0.5, 0.6) is 11.5 Å². The maximum absolute atomic E-state index is 11.8. The van der Waals surface area contributed by atoms with Crippen molar-refractivity contribution in [2.45, 2.75) is 46.1 Å². The van der Waals surface area contributed by atoms with Crippen LogP contribution in [0.3, 0.4) is 0 Å². The van der Waals surface area contributed by atoms with Crippen LogP contribution >= 0.6 is 0 Å². The first-order chi connectivity index (χ1) is 10.0. The minimum atomic E-state index is 0.0288. The van der Waals surface area contributed by atoms with E-state index in [-0.39, 0.29) is 11.9 Å². The molecule has 1 aromatic carbocycles. The van der Waals surface area contributed by atoms with Crippen LogP contribution in [0.2, 0.25) is 0 Å². The molecule has 0 fully saturated rings. The molecule has 1 atom stereocenters. The fourth-order valence-corrected chi connectivity index (χ4v) is 1.99. The van der Waals surface area contributed by atoms with Gasteiger partial charge in [-0.05, 0) is 37.8 Å². The Bertz CT molecular complexity index is 432. The summed E-state index contributed by atoms with van der Waals surface area (Å²) in [5.74, 6) is 2.04. The Morgan fingerprint density at radius 1 is 1.14 bits per heavy atom. The third-order valence-electron chi connectivity index (χ3n) is 3.24. The number of hydrogen-bond donors (Lipinski definition) is 1. The summed E-state index contributed by atoms with van der Waals surface area (Å²) in [4.78, 5) is 11.8. The van der Waals surface area contributed by atoms with E-state index < -0.39 is 0 Å². The molecule has 1 N–H and O–H groups in total. The lowest BCUT2D eigenvalue weighted by Crippen LogP contribution is -2.33. The maximum Gasteiger partial charge on any atom is 0.223 e. The molecule has 1 unspecified atom stereocenters. The summed E-state index contributed by atoms with van der Waals surface area (Å²) < 4.78 is 10.8. The fraction of sp³-hybridized carbons (Fsp3) is 0.588. The van der Waals surface area contributed by atoms with Gasteiger partial charge in [0.25, 0.3) is 0 Å². The van der Waals surface area contributed by atoms with Crippen LogP contribution in [0.15, 0.2) is 24.3 Å². The van der Waals surface area contributed by atoms with Gasteiger partial charge >= 0.3 is 0 Å². The summed E-state index contributed by atoms with van der Waals surface area (Å²) in [5, 5.41) is 3.00. The Balaban J connectivity index is 2.27. The predicted octanol–water partition coefficient (Wildman–Crippen LogP) is 3.41. The highest BCUT2D eigenvalue weighted by atomic mass is 16.5. The zero-order valence-corrected chi connectivity index (χ0v) is 13.5. The third-order valence-corrected chi connectivity index (χ3v) is 3.24.